The van der Waals surface area contributed by atoms with Gasteiger partial charge in [0, 0.05) is 53.7 Å². The van der Waals surface area contributed by atoms with Crippen LogP contribution in [0.5, 0.6) is 5.75 Å². The molecule has 0 spiro atoms. The highest BCUT2D eigenvalue weighted by Crippen LogP contribution is 2.25. The fraction of sp³-hybridized carbons (Fsp3) is 0.214. The molecule has 4 aromatic rings. The maximum absolute atomic E-state index is 12.7. The Kier molecular flexibility index (Phi) is 8.33. The number of amides is 2. The Hall–Kier alpha value is -4.02. The van der Waals surface area contributed by atoms with E-state index in [9.17, 15) is 9.59 Å². The second-order valence-electron chi connectivity index (χ2n) is 8.77. The molecule has 2 heterocycles. The average Bonchev–Trinajstić information content (AvgIpc) is 3.46. The van der Waals surface area contributed by atoms with Crippen LogP contribution in [0.3, 0.4) is 0 Å². The lowest BCUT2D eigenvalue weighted by atomic mass is 10.1. The van der Waals surface area contributed by atoms with E-state index in [1.807, 2.05) is 53.4 Å². The molecule has 39 heavy (non-hydrogen) atoms. The van der Waals surface area contributed by atoms with Crippen molar-refractivity contribution in [1.29, 1.82) is 0 Å². The number of hydrogen-bond donors (Lipinski definition) is 1. The van der Waals surface area contributed by atoms with Crippen molar-refractivity contribution in [2.75, 3.05) is 49.3 Å². The second kappa shape index (κ2) is 12.2. The monoisotopic (exact) mass is 563 g/mol. The minimum absolute atomic E-state index is 0.0136. The third-order valence-corrected chi connectivity index (χ3v) is 7.31. The van der Waals surface area contributed by atoms with Crippen molar-refractivity contribution in [1.82, 2.24) is 15.1 Å². The predicted octanol–water partition coefficient (Wildman–Crippen LogP) is 5.09. The zero-order valence-corrected chi connectivity index (χ0v) is 22.7. The van der Waals surface area contributed by atoms with Gasteiger partial charge in [-0.2, -0.15) is 0 Å². The van der Waals surface area contributed by atoms with Gasteiger partial charge in [0.1, 0.15) is 5.75 Å². The molecule has 2 amide bonds. The molecule has 1 aliphatic rings. The van der Waals surface area contributed by atoms with E-state index in [4.69, 9.17) is 20.8 Å². The Balaban J connectivity index is 1.08. The molecule has 0 atom stereocenters. The van der Waals surface area contributed by atoms with Crippen LogP contribution in [0.25, 0.3) is 11.5 Å². The number of nitrogens with zero attached hydrogens (tertiary/aromatic N) is 4. The minimum Gasteiger partial charge on any atom is -0.497 e. The molecule has 0 aliphatic carbocycles. The summed E-state index contributed by atoms with van der Waals surface area (Å²) < 4.78 is 10.8. The summed E-state index contributed by atoms with van der Waals surface area (Å²) in [6.45, 7) is 2.72. The summed E-state index contributed by atoms with van der Waals surface area (Å²) >= 11 is 7.10. The number of carbonyl (C=O) groups excluding carboxylic acids is 2. The normalized spacial score (nSPS) is 13.3. The number of carbonyl (C=O) groups is 2. The molecule has 0 bridgehead atoms. The van der Waals surface area contributed by atoms with E-state index in [-0.39, 0.29) is 17.6 Å². The van der Waals surface area contributed by atoms with Crippen LogP contribution in [0.1, 0.15) is 10.4 Å². The zero-order valence-electron chi connectivity index (χ0n) is 21.2. The Morgan fingerprint density at radius 2 is 1.64 bits per heavy atom. The number of ether oxygens (including phenoxy) is 1. The number of hydrogen-bond acceptors (Lipinski definition) is 8. The van der Waals surface area contributed by atoms with Gasteiger partial charge in [-0.05, 0) is 72.8 Å². The fourth-order valence-electron chi connectivity index (χ4n) is 4.14. The van der Waals surface area contributed by atoms with Crippen LogP contribution >= 0.6 is 23.4 Å². The molecule has 1 fully saturated rings. The molecule has 0 saturated carbocycles. The van der Waals surface area contributed by atoms with E-state index in [2.05, 4.69) is 20.4 Å². The molecule has 1 aliphatic heterocycles. The number of methoxy groups -OCH3 is 1. The number of anilines is 2. The molecule has 11 heteroatoms. The number of aromatic nitrogens is 2. The zero-order chi connectivity index (χ0) is 27.2. The lowest BCUT2D eigenvalue weighted by Gasteiger charge is -2.36. The number of benzene rings is 3. The topological polar surface area (TPSA) is 101 Å². The molecular formula is C28H26ClN5O4S. The van der Waals surface area contributed by atoms with Crippen LogP contribution in [0.2, 0.25) is 5.02 Å². The van der Waals surface area contributed by atoms with Crippen LogP contribution in [0.4, 0.5) is 11.4 Å². The van der Waals surface area contributed by atoms with Crippen LogP contribution < -0.4 is 15.0 Å². The van der Waals surface area contributed by atoms with Gasteiger partial charge in [0.05, 0.1) is 12.9 Å². The summed E-state index contributed by atoms with van der Waals surface area (Å²) in [6.07, 6.45) is 0. The van der Waals surface area contributed by atoms with Crippen molar-refractivity contribution < 1.29 is 18.7 Å². The van der Waals surface area contributed by atoms with Crippen molar-refractivity contribution in [2.45, 2.75) is 5.22 Å². The number of halogens is 1. The van der Waals surface area contributed by atoms with Crippen molar-refractivity contribution in [3.63, 3.8) is 0 Å². The third-order valence-electron chi connectivity index (χ3n) is 6.24. The first-order valence-electron chi connectivity index (χ1n) is 12.3. The van der Waals surface area contributed by atoms with Crippen molar-refractivity contribution in [3.05, 3.63) is 83.4 Å². The maximum Gasteiger partial charge on any atom is 0.277 e. The smallest absolute Gasteiger partial charge is 0.277 e. The van der Waals surface area contributed by atoms with E-state index in [0.717, 1.165) is 30.1 Å². The summed E-state index contributed by atoms with van der Waals surface area (Å²) in [5, 5.41) is 11.9. The standard InChI is InChI=1S/C28H26ClN5O4S/c1-37-24-12-4-19(5-13-24)26-31-32-28(38-26)39-18-25(35)30-22-8-10-23(11-9-22)33-14-16-34(17-15-33)27(36)20-2-6-21(29)7-3-20/h2-13H,14-18H2,1H3,(H,30,35). The van der Waals surface area contributed by atoms with Crippen LogP contribution in [0, 0.1) is 0 Å². The Morgan fingerprint density at radius 3 is 2.31 bits per heavy atom. The molecule has 200 valence electrons. The molecule has 1 N–H and O–H groups in total. The maximum atomic E-state index is 12.7. The quantitative estimate of drug-likeness (QED) is 0.296. The second-order valence-corrected chi connectivity index (χ2v) is 10.1. The Labute approximate surface area is 235 Å². The lowest BCUT2D eigenvalue weighted by Crippen LogP contribution is -2.48. The molecule has 1 saturated heterocycles. The fourth-order valence-corrected chi connectivity index (χ4v) is 4.83. The van der Waals surface area contributed by atoms with Gasteiger partial charge in [0.15, 0.2) is 0 Å². The highest BCUT2D eigenvalue weighted by Gasteiger charge is 2.22. The molecule has 1 aromatic heterocycles. The van der Waals surface area contributed by atoms with E-state index in [1.165, 1.54) is 11.8 Å². The number of thioether (sulfide) groups is 1. The van der Waals surface area contributed by atoms with E-state index in [0.29, 0.717) is 40.5 Å². The van der Waals surface area contributed by atoms with Gasteiger partial charge < -0.3 is 24.3 Å². The average molecular weight is 564 g/mol. The largest absolute Gasteiger partial charge is 0.497 e. The summed E-state index contributed by atoms with van der Waals surface area (Å²) in [4.78, 5) is 29.3. The van der Waals surface area contributed by atoms with E-state index in [1.54, 1.807) is 31.4 Å². The summed E-state index contributed by atoms with van der Waals surface area (Å²) in [5.41, 5.74) is 3.15. The van der Waals surface area contributed by atoms with Gasteiger partial charge >= 0.3 is 0 Å². The van der Waals surface area contributed by atoms with Crippen molar-refractivity contribution in [2.24, 2.45) is 0 Å². The minimum atomic E-state index is -0.175. The predicted molar refractivity (Wildman–Crippen MR) is 152 cm³/mol. The number of rotatable bonds is 8. The Bertz CT molecular complexity index is 1420. The van der Waals surface area contributed by atoms with Gasteiger partial charge in [-0.25, -0.2) is 0 Å². The lowest BCUT2D eigenvalue weighted by molar-refractivity contribution is -0.113. The molecule has 0 radical (unpaired) electrons. The molecule has 0 unspecified atom stereocenters. The highest BCUT2D eigenvalue weighted by molar-refractivity contribution is 7.99. The third kappa shape index (κ3) is 6.71. The van der Waals surface area contributed by atoms with Gasteiger partial charge in [0.2, 0.25) is 11.8 Å². The van der Waals surface area contributed by atoms with Gasteiger partial charge in [-0.3, -0.25) is 9.59 Å². The SMILES string of the molecule is COc1ccc(-c2nnc(SCC(=O)Nc3ccc(N4CCN(C(=O)c5ccc(Cl)cc5)CC4)cc3)o2)cc1. The van der Waals surface area contributed by atoms with E-state index >= 15 is 0 Å². The van der Waals surface area contributed by atoms with Crippen LogP contribution in [-0.2, 0) is 4.79 Å². The van der Waals surface area contributed by atoms with Gasteiger partial charge in [-0.15, -0.1) is 10.2 Å². The first kappa shape index (κ1) is 26.6. The highest BCUT2D eigenvalue weighted by atomic mass is 35.5. The molecule has 3 aromatic carbocycles. The van der Waals surface area contributed by atoms with Gasteiger partial charge in [0.25, 0.3) is 11.1 Å². The Morgan fingerprint density at radius 1 is 0.949 bits per heavy atom. The number of nitrogens with one attached hydrogen (secondary N) is 1. The molecular weight excluding hydrogens is 538 g/mol. The van der Waals surface area contributed by atoms with Gasteiger partial charge in [-0.1, -0.05) is 23.4 Å². The summed E-state index contributed by atoms with van der Waals surface area (Å²) in [7, 11) is 1.60. The van der Waals surface area contributed by atoms with E-state index < -0.39 is 0 Å². The first-order chi connectivity index (χ1) is 19.0. The molecule has 9 nitrogen and oxygen atoms in total. The van der Waals surface area contributed by atoms with Crippen molar-refractivity contribution in [3.8, 4) is 17.2 Å². The summed E-state index contributed by atoms with van der Waals surface area (Å²) in [6, 6.07) is 21.9. The number of piperazine rings is 1. The van der Waals surface area contributed by atoms with Crippen molar-refractivity contribution >= 4 is 46.6 Å². The van der Waals surface area contributed by atoms with Crippen LogP contribution in [-0.4, -0.2) is 66.0 Å². The first-order valence-corrected chi connectivity index (χ1v) is 13.7. The van der Waals surface area contributed by atoms with Crippen LogP contribution in [0.15, 0.2) is 82.4 Å². The molecule has 5 rings (SSSR count). The summed E-state index contributed by atoms with van der Waals surface area (Å²) in [5.74, 6) is 1.09.